The second-order valence-electron chi connectivity index (χ2n) is 14.6. The molecule has 0 radical (unpaired) electrons. The van der Waals surface area contributed by atoms with E-state index in [4.69, 9.17) is 0 Å². The first-order valence-corrected chi connectivity index (χ1v) is 20.3. The van der Waals surface area contributed by atoms with Gasteiger partial charge in [0.1, 0.15) is 11.6 Å². The van der Waals surface area contributed by atoms with Crippen LogP contribution >= 0.6 is 22.7 Å². The summed E-state index contributed by atoms with van der Waals surface area (Å²) in [6.45, 7) is 0. The number of rotatable bonds is 3. The van der Waals surface area contributed by atoms with E-state index in [1.165, 1.54) is 35.6 Å². The molecule has 12 rings (SSSR count). The molecular formula is C49H25F5N2S2. The monoisotopic (exact) mass is 800 g/mol. The molecule has 8 aromatic carbocycles. The van der Waals surface area contributed by atoms with E-state index in [2.05, 4.69) is 6.07 Å². The molecule has 0 bridgehead atoms. The number of nitrogens with zero attached hydrogens (tertiary/aromatic N) is 2. The zero-order valence-corrected chi connectivity index (χ0v) is 31.7. The minimum atomic E-state index is -4.84. The normalized spacial score (nSPS) is 12.6. The number of hydrogen-bond donors (Lipinski definition) is 0. The maximum Gasteiger partial charge on any atom is 0.418 e. The van der Waals surface area contributed by atoms with E-state index in [1.54, 1.807) is 15.9 Å². The maximum atomic E-state index is 16.1. The van der Waals surface area contributed by atoms with Crippen LogP contribution in [-0.2, 0) is 6.18 Å². The van der Waals surface area contributed by atoms with Crippen LogP contribution in [0.4, 0.5) is 22.0 Å². The second-order valence-corrected chi connectivity index (χ2v) is 16.7. The Morgan fingerprint density at radius 1 is 0.414 bits per heavy atom. The minimum absolute atomic E-state index is 0.115. The first-order chi connectivity index (χ1) is 28.2. The molecule has 0 aliphatic rings. The lowest BCUT2D eigenvalue weighted by atomic mass is 9.98. The van der Waals surface area contributed by atoms with Gasteiger partial charge in [-0.15, -0.1) is 22.7 Å². The first-order valence-electron chi connectivity index (χ1n) is 18.6. The van der Waals surface area contributed by atoms with Gasteiger partial charge in [-0.05, 0) is 54.1 Å². The Balaban J connectivity index is 1.29. The van der Waals surface area contributed by atoms with Crippen LogP contribution in [0.5, 0.6) is 0 Å². The molecule has 0 spiro atoms. The van der Waals surface area contributed by atoms with Gasteiger partial charge in [0.2, 0.25) is 0 Å². The van der Waals surface area contributed by atoms with Gasteiger partial charge in [-0.25, -0.2) is 8.78 Å². The number of alkyl halides is 3. The molecule has 0 saturated carbocycles. The Morgan fingerprint density at radius 3 is 1.38 bits per heavy atom. The molecule has 278 valence electrons. The molecule has 0 amide bonds. The summed E-state index contributed by atoms with van der Waals surface area (Å²) in [6.07, 6.45) is -4.84. The number of aromatic nitrogens is 2. The summed E-state index contributed by atoms with van der Waals surface area (Å²) in [7, 11) is 0. The molecule has 0 aliphatic carbocycles. The van der Waals surface area contributed by atoms with Crippen LogP contribution in [0, 0.1) is 11.6 Å². The van der Waals surface area contributed by atoms with Crippen LogP contribution in [0.15, 0.2) is 152 Å². The summed E-state index contributed by atoms with van der Waals surface area (Å²) in [6, 6.07) is 45.0. The fraction of sp³-hybridized carbons (Fsp3) is 0.0204. The summed E-state index contributed by atoms with van der Waals surface area (Å²) < 4.78 is 86.3. The predicted octanol–water partition coefficient (Wildman–Crippen LogP) is 15.6. The van der Waals surface area contributed by atoms with Crippen LogP contribution < -0.4 is 0 Å². The summed E-state index contributed by atoms with van der Waals surface area (Å²) in [4.78, 5) is 0. The third-order valence-corrected chi connectivity index (χ3v) is 13.8. The molecule has 4 aromatic heterocycles. The molecule has 58 heavy (non-hydrogen) atoms. The van der Waals surface area contributed by atoms with Crippen molar-refractivity contribution in [3.63, 3.8) is 0 Å². The summed E-state index contributed by atoms with van der Waals surface area (Å²) in [5, 5.41) is 7.27. The van der Waals surface area contributed by atoms with Crippen molar-refractivity contribution in [3.8, 4) is 22.5 Å². The molecule has 0 unspecified atom stereocenters. The third-order valence-electron chi connectivity index (χ3n) is 11.4. The zero-order valence-electron chi connectivity index (χ0n) is 30.0. The summed E-state index contributed by atoms with van der Waals surface area (Å²) in [5.41, 5.74) is 2.12. The van der Waals surface area contributed by atoms with Crippen molar-refractivity contribution >= 4 is 107 Å². The minimum Gasteiger partial charge on any atom is -0.307 e. The van der Waals surface area contributed by atoms with Crippen molar-refractivity contribution in [3.05, 3.63) is 169 Å². The third kappa shape index (κ3) is 4.68. The molecule has 0 N–H and O–H groups in total. The molecule has 0 saturated heterocycles. The second kappa shape index (κ2) is 12.0. The smallest absolute Gasteiger partial charge is 0.307 e. The lowest BCUT2D eigenvalue weighted by Gasteiger charge is -2.22. The average Bonchev–Trinajstić information content (AvgIpc) is 3.97. The SMILES string of the molecule is Fc1cc(F)cc(-c2cc(-n3c4ccccc4c4ccc5c6ccccc6sc5c43)c(C(F)(F)F)cc2-n2c3ccccc3c3ccc4c5ccccc5sc4c32)c1. The van der Waals surface area contributed by atoms with Crippen molar-refractivity contribution in [1.29, 1.82) is 0 Å². The van der Waals surface area contributed by atoms with Gasteiger partial charge in [-0.1, -0.05) is 97.1 Å². The van der Waals surface area contributed by atoms with Gasteiger partial charge in [0.05, 0.1) is 48.4 Å². The van der Waals surface area contributed by atoms with Crippen LogP contribution in [0.3, 0.4) is 0 Å². The van der Waals surface area contributed by atoms with Crippen molar-refractivity contribution in [2.45, 2.75) is 6.18 Å². The molecule has 0 aliphatic heterocycles. The van der Waals surface area contributed by atoms with Gasteiger partial charge < -0.3 is 9.13 Å². The Kier molecular flexibility index (Phi) is 6.94. The number of hydrogen-bond acceptors (Lipinski definition) is 2. The van der Waals surface area contributed by atoms with Crippen LogP contribution in [0.25, 0.3) is 106 Å². The largest absolute Gasteiger partial charge is 0.418 e. The van der Waals surface area contributed by atoms with Gasteiger partial charge in [0, 0.05) is 64.1 Å². The predicted molar refractivity (Wildman–Crippen MR) is 231 cm³/mol. The van der Waals surface area contributed by atoms with E-state index in [9.17, 15) is 0 Å². The zero-order chi connectivity index (χ0) is 39.0. The van der Waals surface area contributed by atoms with E-state index >= 15 is 22.0 Å². The van der Waals surface area contributed by atoms with Crippen LogP contribution in [-0.4, -0.2) is 9.13 Å². The molecular weight excluding hydrogens is 776 g/mol. The van der Waals surface area contributed by atoms with Gasteiger partial charge in [-0.3, -0.25) is 0 Å². The molecule has 12 aromatic rings. The first kappa shape index (κ1) is 33.6. The number of halogens is 5. The fourth-order valence-electron chi connectivity index (χ4n) is 9.08. The highest BCUT2D eigenvalue weighted by atomic mass is 32.1. The Bertz CT molecular complexity index is 3690. The van der Waals surface area contributed by atoms with E-state index in [-0.39, 0.29) is 22.5 Å². The summed E-state index contributed by atoms with van der Waals surface area (Å²) >= 11 is 3.11. The highest BCUT2D eigenvalue weighted by molar-refractivity contribution is 7.27. The lowest BCUT2D eigenvalue weighted by molar-refractivity contribution is -0.137. The summed E-state index contributed by atoms with van der Waals surface area (Å²) in [5.74, 6) is -1.67. The van der Waals surface area contributed by atoms with Gasteiger partial charge in [0.15, 0.2) is 0 Å². The number of benzene rings is 8. The van der Waals surface area contributed by atoms with Gasteiger partial charge >= 0.3 is 6.18 Å². The molecule has 2 nitrogen and oxygen atoms in total. The Hall–Kier alpha value is -6.55. The van der Waals surface area contributed by atoms with Crippen molar-refractivity contribution in [2.75, 3.05) is 0 Å². The lowest BCUT2D eigenvalue weighted by Crippen LogP contribution is -2.13. The molecule has 9 heteroatoms. The van der Waals surface area contributed by atoms with E-state index in [1.807, 2.05) is 120 Å². The highest BCUT2D eigenvalue weighted by Gasteiger charge is 2.37. The van der Waals surface area contributed by atoms with Gasteiger partial charge in [-0.2, -0.15) is 13.2 Å². The van der Waals surface area contributed by atoms with Crippen molar-refractivity contribution < 1.29 is 22.0 Å². The van der Waals surface area contributed by atoms with Crippen LogP contribution in [0.1, 0.15) is 5.56 Å². The van der Waals surface area contributed by atoms with E-state index in [0.717, 1.165) is 73.5 Å². The van der Waals surface area contributed by atoms with Gasteiger partial charge in [0.25, 0.3) is 0 Å². The van der Waals surface area contributed by atoms with Crippen molar-refractivity contribution in [2.24, 2.45) is 0 Å². The number of thiophene rings is 2. The topological polar surface area (TPSA) is 9.86 Å². The maximum absolute atomic E-state index is 16.1. The van der Waals surface area contributed by atoms with Crippen molar-refractivity contribution in [1.82, 2.24) is 9.13 Å². The number of fused-ring (bicyclic) bond motifs is 14. The van der Waals surface area contributed by atoms with Crippen LogP contribution in [0.2, 0.25) is 0 Å². The molecule has 0 atom stereocenters. The molecule has 0 fully saturated rings. The standard InChI is InChI=1S/C49H25F5N2S2/c50-27-21-26(22-28(51)23-27)37-24-42(56-40-14-6-2-10-30(40)34-18-20-36-32-12-4-8-16-44(32)58-48(36)46(34)56)38(49(52,53)54)25-41(37)55-39-13-5-1-9-29(39)33-17-19-35-31-11-3-7-15-43(31)57-47(35)45(33)55/h1-25H. The fourth-order valence-corrected chi connectivity index (χ4v) is 11.6. The quantitative estimate of drug-likeness (QED) is 0.158. The average molecular weight is 801 g/mol. The van der Waals surface area contributed by atoms with E-state index < -0.39 is 23.4 Å². The highest BCUT2D eigenvalue weighted by Crippen LogP contribution is 2.49. The Labute approximate surface area is 333 Å². The Morgan fingerprint density at radius 2 is 0.862 bits per heavy atom. The number of para-hydroxylation sites is 2. The van der Waals surface area contributed by atoms with E-state index in [0.29, 0.717) is 16.6 Å². The molecule has 4 heterocycles.